The van der Waals surface area contributed by atoms with E-state index in [1.807, 2.05) is 0 Å². The summed E-state index contributed by atoms with van der Waals surface area (Å²) in [4.78, 5) is 13.3. The van der Waals surface area contributed by atoms with Crippen LogP contribution in [0, 0.1) is 5.92 Å². The zero-order valence-electron chi connectivity index (χ0n) is 11.0. The molecule has 0 aromatic heterocycles. The van der Waals surface area contributed by atoms with Crippen LogP contribution >= 0.6 is 10.7 Å². The summed E-state index contributed by atoms with van der Waals surface area (Å²) in [5, 5.41) is 0. The summed E-state index contributed by atoms with van der Waals surface area (Å²) in [5.41, 5.74) is 0.333. The zero-order valence-corrected chi connectivity index (χ0v) is 12.5. The van der Waals surface area contributed by atoms with E-state index >= 15 is 0 Å². The molecular weight excluding hydrogens is 344 g/mol. The highest BCUT2D eigenvalue weighted by molar-refractivity contribution is 8.13. The molecule has 2 aliphatic rings. The van der Waals surface area contributed by atoms with E-state index in [9.17, 15) is 22.0 Å². The summed E-state index contributed by atoms with van der Waals surface area (Å²) in [6.45, 7) is 0.140. The molecule has 2 heterocycles. The first kappa shape index (κ1) is 15.3. The molecule has 1 unspecified atom stereocenters. The Hall–Kier alpha value is -1.61. The Labute approximate surface area is 129 Å². The van der Waals surface area contributed by atoms with Crippen LogP contribution in [0.25, 0.3) is 0 Å². The van der Waals surface area contributed by atoms with Gasteiger partial charge in [0.2, 0.25) is 15.0 Å². The fourth-order valence-corrected chi connectivity index (χ4v) is 3.85. The third-order valence-electron chi connectivity index (χ3n) is 3.34. The quantitative estimate of drug-likeness (QED) is 0.776. The van der Waals surface area contributed by atoms with Crippen molar-refractivity contribution >= 4 is 31.3 Å². The molecule has 1 aromatic rings. The van der Waals surface area contributed by atoms with Crippen LogP contribution in [0.1, 0.15) is 6.42 Å². The summed E-state index contributed by atoms with van der Waals surface area (Å²) in [6, 6.07) is 3.95. The monoisotopic (exact) mass is 353 g/mol. The number of fused-ring (bicyclic) bond motifs is 1. The van der Waals surface area contributed by atoms with E-state index in [1.54, 1.807) is 0 Å². The molecule has 0 saturated carbocycles. The Morgan fingerprint density at radius 1 is 1.32 bits per heavy atom. The third kappa shape index (κ3) is 3.09. The predicted octanol–water partition coefficient (Wildman–Crippen LogP) is 1.93. The van der Waals surface area contributed by atoms with Crippen LogP contribution < -0.4 is 14.4 Å². The number of nitrogens with zero attached hydrogens (tertiary/aromatic N) is 1. The predicted molar refractivity (Wildman–Crippen MR) is 72.7 cm³/mol. The van der Waals surface area contributed by atoms with E-state index in [0.717, 1.165) is 0 Å². The topological polar surface area (TPSA) is 72.9 Å². The van der Waals surface area contributed by atoms with Crippen molar-refractivity contribution in [1.82, 2.24) is 0 Å². The normalized spacial score (nSPS) is 23.1. The van der Waals surface area contributed by atoms with E-state index in [4.69, 9.17) is 10.7 Å². The van der Waals surface area contributed by atoms with Gasteiger partial charge in [0.25, 0.3) is 0 Å². The van der Waals surface area contributed by atoms with Crippen molar-refractivity contribution in [2.24, 2.45) is 5.92 Å². The number of benzene rings is 1. The molecule has 1 saturated heterocycles. The smallest absolute Gasteiger partial charge is 0.395 e. The van der Waals surface area contributed by atoms with Crippen molar-refractivity contribution in [3.8, 4) is 11.5 Å². The van der Waals surface area contributed by atoms with E-state index in [-0.39, 0.29) is 36.1 Å². The molecule has 1 atom stereocenters. The maximum Gasteiger partial charge on any atom is 0.586 e. The first-order chi connectivity index (χ1) is 10.1. The molecule has 0 radical (unpaired) electrons. The van der Waals surface area contributed by atoms with Crippen molar-refractivity contribution in [1.29, 1.82) is 0 Å². The van der Waals surface area contributed by atoms with E-state index in [0.29, 0.717) is 5.69 Å². The number of rotatable bonds is 3. The molecule has 0 spiro atoms. The molecule has 0 N–H and O–H groups in total. The van der Waals surface area contributed by atoms with Crippen LogP contribution in [0.3, 0.4) is 0 Å². The number of hydrogen-bond acceptors (Lipinski definition) is 5. The van der Waals surface area contributed by atoms with Gasteiger partial charge in [0.1, 0.15) is 0 Å². The fraction of sp³-hybridized carbons (Fsp3) is 0.417. The Kier molecular flexibility index (Phi) is 3.44. The molecule has 3 rings (SSSR count). The minimum absolute atomic E-state index is 0.0244. The molecule has 22 heavy (non-hydrogen) atoms. The molecular formula is C12H10ClF2NO5S. The maximum absolute atomic E-state index is 13.0. The first-order valence-corrected chi connectivity index (χ1v) is 8.73. The van der Waals surface area contributed by atoms with Gasteiger partial charge in [0.05, 0.1) is 5.75 Å². The highest BCUT2D eigenvalue weighted by atomic mass is 35.7. The van der Waals surface area contributed by atoms with Gasteiger partial charge in [-0.15, -0.1) is 8.78 Å². The molecule has 120 valence electrons. The minimum atomic E-state index is -3.73. The summed E-state index contributed by atoms with van der Waals surface area (Å²) >= 11 is 0. The van der Waals surface area contributed by atoms with Gasteiger partial charge >= 0.3 is 6.29 Å². The number of amides is 1. The number of alkyl halides is 2. The molecule has 1 aromatic carbocycles. The number of halogens is 3. The van der Waals surface area contributed by atoms with Crippen LogP contribution in [0.15, 0.2) is 18.2 Å². The second-order valence-electron chi connectivity index (χ2n) is 5.08. The van der Waals surface area contributed by atoms with Crippen molar-refractivity contribution < 1.29 is 31.5 Å². The zero-order chi connectivity index (χ0) is 16.1. The van der Waals surface area contributed by atoms with Gasteiger partial charge in [0, 0.05) is 41.3 Å². The van der Waals surface area contributed by atoms with Gasteiger partial charge in [-0.3, -0.25) is 4.79 Å². The molecule has 0 aliphatic carbocycles. The Bertz CT molecular complexity index is 739. The number of anilines is 1. The highest BCUT2D eigenvalue weighted by Crippen LogP contribution is 2.43. The molecule has 2 aliphatic heterocycles. The van der Waals surface area contributed by atoms with Crippen molar-refractivity contribution in [3.05, 3.63) is 18.2 Å². The van der Waals surface area contributed by atoms with Crippen molar-refractivity contribution in [2.75, 3.05) is 17.2 Å². The lowest BCUT2D eigenvalue weighted by Gasteiger charge is -2.16. The molecule has 6 nitrogen and oxygen atoms in total. The van der Waals surface area contributed by atoms with Crippen LogP contribution in [-0.2, 0) is 13.8 Å². The van der Waals surface area contributed by atoms with E-state index in [1.165, 1.54) is 23.1 Å². The van der Waals surface area contributed by atoms with Crippen molar-refractivity contribution in [3.63, 3.8) is 0 Å². The van der Waals surface area contributed by atoms with Crippen LogP contribution in [-0.4, -0.2) is 32.9 Å². The summed E-state index contributed by atoms with van der Waals surface area (Å²) < 4.78 is 56.7. The van der Waals surface area contributed by atoms with Crippen molar-refractivity contribution in [2.45, 2.75) is 12.7 Å². The first-order valence-electron chi connectivity index (χ1n) is 6.25. The third-order valence-corrected chi connectivity index (χ3v) is 4.58. The molecule has 0 bridgehead atoms. The number of carbonyl (C=O) groups is 1. The number of carbonyl (C=O) groups excluding carboxylic acids is 1. The molecule has 10 heteroatoms. The number of hydrogen-bond donors (Lipinski definition) is 0. The van der Waals surface area contributed by atoms with Gasteiger partial charge in [-0.2, -0.15) is 0 Å². The summed E-state index contributed by atoms with van der Waals surface area (Å²) in [6.07, 6.45) is -3.71. The van der Waals surface area contributed by atoms with Gasteiger partial charge in [0.15, 0.2) is 11.5 Å². The SMILES string of the molecule is O=C1CC(CS(=O)(=O)Cl)CN1c1ccc2c(c1)OC(F)(F)O2. The maximum atomic E-state index is 13.0. The van der Waals surface area contributed by atoms with Gasteiger partial charge in [-0.1, -0.05) is 0 Å². The Morgan fingerprint density at radius 3 is 2.68 bits per heavy atom. The lowest BCUT2D eigenvalue weighted by molar-refractivity contribution is -0.286. The number of ether oxygens (including phenoxy) is 2. The average Bonchev–Trinajstić information content (AvgIpc) is 2.84. The second-order valence-corrected chi connectivity index (χ2v) is 7.90. The second kappa shape index (κ2) is 4.95. The van der Waals surface area contributed by atoms with E-state index < -0.39 is 21.3 Å². The minimum Gasteiger partial charge on any atom is -0.395 e. The summed E-state index contributed by atoms with van der Waals surface area (Å²) in [7, 11) is 1.47. The van der Waals surface area contributed by atoms with Crippen LogP contribution in [0.5, 0.6) is 11.5 Å². The fourth-order valence-electron chi connectivity index (χ4n) is 2.53. The van der Waals surface area contributed by atoms with Crippen LogP contribution in [0.2, 0.25) is 0 Å². The Balaban J connectivity index is 1.80. The molecule has 1 fully saturated rings. The van der Waals surface area contributed by atoms with E-state index in [2.05, 4.69) is 9.47 Å². The lowest BCUT2D eigenvalue weighted by atomic mass is 10.1. The van der Waals surface area contributed by atoms with Crippen LogP contribution in [0.4, 0.5) is 14.5 Å². The average molecular weight is 354 g/mol. The molecule has 1 amide bonds. The highest BCUT2D eigenvalue weighted by Gasteiger charge is 2.44. The van der Waals surface area contributed by atoms with Gasteiger partial charge in [-0.05, 0) is 12.1 Å². The van der Waals surface area contributed by atoms with Gasteiger partial charge < -0.3 is 14.4 Å². The standard InChI is InChI=1S/C12H10ClF2NO5S/c13-22(18,19)6-7-3-11(17)16(5-7)8-1-2-9-10(4-8)21-12(14,15)20-9/h1-2,4,7H,3,5-6H2. The summed E-state index contributed by atoms with van der Waals surface area (Å²) in [5.74, 6) is -1.37. The largest absolute Gasteiger partial charge is 0.586 e. The lowest BCUT2D eigenvalue weighted by Crippen LogP contribution is -2.26. The Morgan fingerprint density at radius 2 is 2.00 bits per heavy atom. The van der Waals surface area contributed by atoms with Gasteiger partial charge in [-0.25, -0.2) is 8.42 Å².